The number of halogens is 3. The van der Waals surface area contributed by atoms with Crippen molar-refractivity contribution in [2.24, 2.45) is 0 Å². The van der Waals surface area contributed by atoms with Crippen molar-refractivity contribution >= 4 is 34.8 Å². The smallest absolute Gasteiger partial charge is 0.162 e. The number of phenolic OH excluding ortho intramolecular Hbond substituents is 1. The van der Waals surface area contributed by atoms with E-state index in [1.165, 1.54) is 12.1 Å². The Labute approximate surface area is 107 Å². The number of hydrogen-bond donors (Lipinski definition) is 1. The normalized spacial score (nSPS) is 10.4. The highest BCUT2D eigenvalue weighted by Gasteiger charge is 2.07. The number of phenols is 1. The van der Waals surface area contributed by atoms with Crippen LogP contribution in [0.4, 0.5) is 0 Å². The maximum Gasteiger partial charge on any atom is 0.162 e. The van der Waals surface area contributed by atoms with Crippen LogP contribution in [-0.2, 0) is 0 Å². The quantitative estimate of drug-likeness (QED) is 0.805. The lowest BCUT2D eigenvalue weighted by molar-refractivity contribution is 0.475. The zero-order valence-electron chi connectivity index (χ0n) is 7.78. The Bertz CT molecular complexity index is 525. The Morgan fingerprint density at radius 2 is 1.56 bits per heavy atom. The molecule has 0 unspecified atom stereocenters. The molecule has 0 spiro atoms. The van der Waals surface area contributed by atoms with Crippen LogP contribution in [0, 0.1) is 0 Å². The number of hydrogen-bond acceptors (Lipinski definition) is 3. The average Bonchev–Trinajstić information content (AvgIpc) is 2.20. The first kappa shape index (κ1) is 11.5. The number of aromatic hydroxyl groups is 1. The van der Waals surface area contributed by atoms with Gasteiger partial charge >= 0.3 is 0 Å². The molecule has 2 rings (SSSR count). The Kier molecular flexibility index (Phi) is 3.19. The molecule has 16 heavy (non-hydrogen) atoms. The van der Waals surface area contributed by atoms with Crippen LogP contribution in [0.1, 0.15) is 0 Å². The van der Waals surface area contributed by atoms with Crippen molar-refractivity contribution in [1.29, 1.82) is 0 Å². The minimum Gasteiger partial charge on any atom is -0.506 e. The molecule has 6 heteroatoms. The second-order valence-electron chi connectivity index (χ2n) is 3.00. The van der Waals surface area contributed by atoms with Crippen molar-refractivity contribution in [2.45, 2.75) is 0 Å². The van der Waals surface area contributed by atoms with E-state index in [1.54, 1.807) is 12.1 Å². The first-order chi connectivity index (χ1) is 7.56. The van der Waals surface area contributed by atoms with Gasteiger partial charge in [0.25, 0.3) is 0 Å². The summed E-state index contributed by atoms with van der Waals surface area (Å²) in [7, 11) is 0. The summed E-state index contributed by atoms with van der Waals surface area (Å²) >= 11 is 17.3. The molecule has 0 radical (unpaired) electrons. The van der Waals surface area contributed by atoms with Crippen molar-refractivity contribution in [3.8, 4) is 17.1 Å². The van der Waals surface area contributed by atoms with Crippen LogP contribution in [0.3, 0.4) is 0 Å². The molecule has 82 valence electrons. The molecule has 0 atom stereocenters. The van der Waals surface area contributed by atoms with Crippen molar-refractivity contribution in [3.05, 3.63) is 39.6 Å². The summed E-state index contributed by atoms with van der Waals surface area (Å²) in [6.45, 7) is 0. The summed E-state index contributed by atoms with van der Waals surface area (Å²) in [6.07, 6.45) is 0. The van der Waals surface area contributed by atoms with Gasteiger partial charge in [-0.2, -0.15) is 0 Å². The first-order valence-electron chi connectivity index (χ1n) is 4.25. The van der Waals surface area contributed by atoms with E-state index < -0.39 is 0 Å². The van der Waals surface area contributed by atoms with Crippen LogP contribution >= 0.6 is 34.8 Å². The monoisotopic (exact) mass is 274 g/mol. The molecular formula is C10H5Cl3N2O. The molecule has 0 saturated carbocycles. The number of nitrogens with zero attached hydrogens (tertiary/aromatic N) is 2. The number of rotatable bonds is 1. The zero-order valence-corrected chi connectivity index (χ0v) is 10.1. The van der Waals surface area contributed by atoms with Gasteiger partial charge in [0.1, 0.15) is 16.1 Å². The van der Waals surface area contributed by atoms with Crippen LogP contribution in [0.5, 0.6) is 5.75 Å². The summed E-state index contributed by atoms with van der Waals surface area (Å²) in [5, 5.41) is 9.99. The molecule has 1 N–H and O–H groups in total. The second kappa shape index (κ2) is 4.45. The molecule has 0 amide bonds. The molecule has 0 fully saturated rings. The van der Waals surface area contributed by atoms with Gasteiger partial charge in [0, 0.05) is 11.6 Å². The molecule has 1 aromatic heterocycles. The van der Waals surface area contributed by atoms with Gasteiger partial charge in [0.05, 0.1) is 5.02 Å². The Hall–Kier alpha value is -1.03. The molecular weight excluding hydrogens is 270 g/mol. The van der Waals surface area contributed by atoms with Gasteiger partial charge in [-0.15, -0.1) is 0 Å². The second-order valence-corrected chi connectivity index (χ2v) is 4.18. The van der Waals surface area contributed by atoms with Crippen molar-refractivity contribution in [2.75, 3.05) is 0 Å². The Balaban J connectivity index is 2.54. The van der Waals surface area contributed by atoms with Crippen LogP contribution in [0.2, 0.25) is 15.3 Å². The van der Waals surface area contributed by atoms with E-state index in [4.69, 9.17) is 34.8 Å². The summed E-state index contributed by atoms with van der Waals surface area (Å²) in [5.41, 5.74) is 0.632. The highest BCUT2D eigenvalue weighted by molar-refractivity contribution is 6.33. The summed E-state index contributed by atoms with van der Waals surface area (Å²) < 4.78 is 0. The lowest BCUT2D eigenvalue weighted by atomic mass is 10.2. The fourth-order valence-corrected chi connectivity index (χ4v) is 1.77. The van der Waals surface area contributed by atoms with Crippen LogP contribution in [0.15, 0.2) is 24.3 Å². The van der Waals surface area contributed by atoms with Crippen molar-refractivity contribution < 1.29 is 5.11 Å². The van der Waals surface area contributed by atoms with Crippen LogP contribution in [-0.4, -0.2) is 15.1 Å². The average molecular weight is 276 g/mol. The number of aromatic nitrogens is 2. The standard InChI is InChI=1S/C10H5Cl3N2O/c11-6-3-5(1-2-7(6)16)10-14-8(12)4-9(13)15-10/h1-4,16H. The van der Waals surface area contributed by atoms with Crippen LogP contribution in [0.25, 0.3) is 11.4 Å². The molecule has 0 bridgehead atoms. The molecule has 0 aliphatic rings. The minimum absolute atomic E-state index is 0.00135. The molecule has 2 aromatic rings. The molecule has 3 nitrogen and oxygen atoms in total. The molecule has 0 saturated heterocycles. The summed E-state index contributed by atoms with van der Waals surface area (Å²) in [6, 6.07) is 6.06. The molecule has 1 heterocycles. The number of benzene rings is 1. The maximum atomic E-state index is 9.27. The van der Waals surface area contributed by atoms with Crippen LogP contribution < -0.4 is 0 Å². The van der Waals surface area contributed by atoms with Crippen molar-refractivity contribution in [3.63, 3.8) is 0 Å². The Morgan fingerprint density at radius 1 is 0.938 bits per heavy atom. The molecule has 1 aromatic carbocycles. The van der Waals surface area contributed by atoms with Gasteiger partial charge in [-0.05, 0) is 18.2 Å². The lowest BCUT2D eigenvalue weighted by Crippen LogP contribution is -1.89. The maximum absolute atomic E-state index is 9.27. The topological polar surface area (TPSA) is 46.0 Å². The fraction of sp³-hybridized carbons (Fsp3) is 0. The predicted octanol–water partition coefficient (Wildman–Crippen LogP) is 3.81. The summed E-state index contributed by atoms with van der Waals surface area (Å²) in [5.74, 6) is 0.359. The fourth-order valence-electron chi connectivity index (χ4n) is 1.17. The highest BCUT2D eigenvalue weighted by Crippen LogP contribution is 2.28. The van der Waals surface area contributed by atoms with Gasteiger partial charge in [-0.1, -0.05) is 34.8 Å². The van der Waals surface area contributed by atoms with E-state index in [0.29, 0.717) is 11.4 Å². The lowest BCUT2D eigenvalue weighted by Gasteiger charge is -2.03. The van der Waals surface area contributed by atoms with E-state index in [2.05, 4.69) is 9.97 Å². The van der Waals surface area contributed by atoms with Gasteiger partial charge in [-0.25, -0.2) is 9.97 Å². The van der Waals surface area contributed by atoms with Gasteiger partial charge in [0.15, 0.2) is 5.82 Å². The molecule has 0 aliphatic heterocycles. The third-order valence-electron chi connectivity index (χ3n) is 1.87. The third-order valence-corrected chi connectivity index (χ3v) is 2.56. The third kappa shape index (κ3) is 2.38. The Morgan fingerprint density at radius 3 is 2.12 bits per heavy atom. The largest absolute Gasteiger partial charge is 0.506 e. The zero-order chi connectivity index (χ0) is 11.7. The van der Waals surface area contributed by atoms with E-state index in [9.17, 15) is 5.11 Å². The minimum atomic E-state index is -0.00135. The summed E-state index contributed by atoms with van der Waals surface area (Å²) in [4.78, 5) is 8.01. The van der Waals surface area contributed by atoms with E-state index >= 15 is 0 Å². The highest BCUT2D eigenvalue weighted by atomic mass is 35.5. The van der Waals surface area contributed by atoms with Gasteiger partial charge in [0.2, 0.25) is 0 Å². The van der Waals surface area contributed by atoms with Gasteiger partial charge < -0.3 is 5.11 Å². The van der Waals surface area contributed by atoms with E-state index in [1.807, 2.05) is 0 Å². The molecule has 0 aliphatic carbocycles. The SMILES string of the molecule is Oc1ccc(-c2nc(Cl)cc(Cl)n2)cc1Cl. The predicted molar refractivity (Wildman–Crippen MR) is 64.2 cm³/mol. The van der Waals surface area contributed by atoms with Gasteiger partial charge in [-0.3, -0.25) is 0 Å². The van der Waals surface area contributed by atoms with Crippen molar-refractivity contribution in [1.82, 2.24) is 9.97 Å². The first-order valence-corrected chi connectivity index (χ1v) is 5.38. The van der Waals surface area contributed by atoms with E-state index in [0.717, 1.165) is 0 Å². The van der Waals surface area contributed by atoms with E-state index in [-0.39, 0.29) is 21.1 Å².